The van der Waals surface area contributed by atoms with Gasteiger partial charge in [-0.05, 0) is 41.3 Å². The van der Waals surface area contributed by atoms with Crippen molar-refractivity contribution in [3.05, 3.63) is 63.1 Å². The van der Waals surface area contributed by atoms with Crippen LogP contribution in [0.15, 0.2) is 46.9 Å². The molecule has 0 saturated carbocycles. The first-order valence-corrected chi connectivity index (χ1v) is 11.7. The summed E-state index contributed by atoms with van der Waals surface area (Å²) in [7, 11) is 0. The van der Waals surface area contributed by atoms with Crippen LogP contribution in [-0.4, -0.2) is 41.9 Å². The minimum absolute atomic E-state index is 0.0381. The van der Waals surface area contributed by atoms with E-state index < -0.39 is 36.2 Å². The van der Waals surface area contributed by atoms with Gasteiger partial charge >= 0.3 is 5.97 Å². The Morgan fingerprint density at radius 3 is 2.44 bits per heavy atom. The number of nitrogens with one attached hydrogen (secondary N) is 2. The number of hydrazine groups is 1. The molecular formula is C24H25BrClN3O5. The Morgan fingerprint density at radius 2 is 1.82 bits per heavy atom. The second-order valence-corrected chi connectivity index (χ2v) is 10.3. The number of amides is 3. The van der Waals surface area contributed by atoms with Crippen LogP contribution >= 0.6 is 27.5 Å². The fourth-order valence-electron chi connectivity index (χ4n) is 3.31. The number of carbonyl (C=O) groups excluding carboxylic acids is 4. The Morgan fingerprint density at radius 1 is 1.15 bits per heavy atom. The van der Waals surface area contributed by atoms with Gasteiger partial charge in [-0.1, -0.05) is 60.4 Å². The predicted octanol–water partition coefficient (Wildman–Crippen LogP) is 4.08. The van der Waals surface area contributed by atoms with Gasteiger partial charge in [-0.15, -0.1) is 0 Å². The molecule has 0 spiro atoms. The van der Waals surface area contributed by atoms with Crippen molar-refractivity contribution in [2.75, 3.05) is 18.5 Å². The molecule has 10 heteroatoms. The lowest BCUT2D eigenvalue weighted by molar-refractivity contribution is -0.151. The van der Waals surface area contributed by atoms with Crippen LogP contribution < -0.4 is 10.7 Å². The molecule has 0 unspecified atom stereocenters. The number of hydrogen-bond acceptors (Lipinski definition) is 5. The lowest BCUT2D eigenvalue weighted by atomic mass is 9.87. The van der Waals surface area contributed by atoms with E-state index >= 15 is 0 Å². The van der Waals surface area contributed by atoms with Crippen LogP contribution in [0.2, 0.25) is 5.02 Å². The fraction of sp³-hybridized carbons (Fsp3) is 0.333. The number of rotatable bonds is 6. The quantitative estimate of drug-likeness (QED) is 0.528. The molecule has 0 aromatic heterocycles. The molecule has 180 valence electrons. The standard InChI is InChI=1S/C24H25BrClN3O5/c1-24(2,3)16-6-4-14(5-7-16)22(32)28-29-12-15(10-21(29)31)23(33)34-13-20(30)27-19-9-8-17(25)11-18(19)26/h4-9,11,15H,10,12-13H2,1-3H3,(H,27,30)(H,28,32)/t15-/m1/s1. The van der Waals surface area contributed by atoms with Crippen LogP contribution in [0, 0.1) is 5.92 Å². The molecule has 1 atom stereocenters. The zero-order valence-corrected chi connectivity index (χ0v) is 21.3. The Balaban J connectivity index is 1.50. The van der Waals surface area contributed by atoms with Gasteiger partial charge in [0.15, 0.2) is 6.61 Å². The molecule has 0 radical (unpaired) electrons. The van der Waals surface area contributed by atoms with Crippen LogP contribution in [0.1, 0.15) is 43.1 Å². The first-order valence-electron chi connectivity index (χ1n) is 10.6. The highest BCUT2D eigenvalue weighted by Gasteiger charge is 2.36. The topological polar surface area (TPSA) is 105 Å². The summed E-state index contributed by atoms with van der Waals surface area (Å²) in [5.41, 5.74) is 4.35. The molecule has 34 heavy (non-hydrogen) atoms. The summed E-state index contributed by atoms with van der Waals surface area (Å²) >= 11 is 9.33. The molecule has 8 nitrogen and oxygen atoms in total. The van der Waals surface area contributed by atoms with E-state index in [0.717, 1.165) is 15.0 Å². The van der Waals surface area contributed by atoms with Crippen LogP contribution in [0.3, 0.4) is 0 Å². The van der Waals surface area contributed by atoms with E-state index in [2.05, 4.69) is 47.4 Å². The van der Waals surface area contributed by atoms with Crippen LogP contribution in [0.4, 0.5) is 5.69 Å². The summed E-state index contributed by atoms with van der Waals surface area (Å²) in [5.74, 6) is -2.91. The van der Waals surface area contributed by atoms with Gasteiger partial charge in [-0.2, -0.15) is 0 Å². The van der Waals surface area contributed by atoms with Crippen molar-refractivity contribution in [1.82, 2.24) is 10.4 Å². The van der Waals surface area contributed by atoms with Gasteiger partial charge in [0.25, 0.3) is 11.8 Å². The summed E-state index contributed by atoms with van der Waals surface area (Å²) in [6, 6.07) is 12.1. The molecule has 3 amide bonds. The van der Waals surface area contributed by atoms with Crippen molar-refractivity contribution in [1.29, 1.82) is 0 Å². The van der Waals surface area contributed by atoms with Crippen molar-refractivity contribution in [3.63, 3.8) is 0 Å². The zero-order valence-electron chi connectivity index (χ0n) is 19.0. The van der Waals surface area contributed by atoms with Gasteiger partial charge in [0.1, 0.15) is 0 Å². The second kappa shape index (κ2) is 10.6. The summed E-state index contributed by atoms with van der Waals surface area (Å²) in [6.45, 7) is 5.66. The molecule has 0 bridgehead atoms. The van der Waals surface area contributed by atoms with Crippen molar-refractivity contribution < 1.29 is 23.9 Å². The molecule has 1 saturated heterocycles. The first-order chi connectivity index (χ1) is 15.9. The Hall–Kier alpha value is -2.91. The summed E-state index contributed by atoms with van der Waals surface area (Å²) in [4.78, 5) is 49.3. The molecule has 2 N–H and O–H groups in total. The van der Waals surface area contributed by atoms with Gasteiger partial charge in [-0.25, -0.2) is 0 Å². The van der Waals surface area contributed by atoms with Crippen LogP contribution in [-0.2, 0) is 24.5 Å². The third-order valence-electron chi connectivity index (χ3n) is 5.26. The Bertz CT molecular complexity index is 1110. The number of nitrogens with zero attached hydrogens (tertiary/aromatic N) is 1. The van der Waals surface area contributed by atoms with Gasteiger partial charge in [-0.3, -0.25) is 29.6 Å². The van der Waals surface area contributed by atoms with E-state index in [4.69, 9.17) is 16.3 Å². The monoisotopic (exact) mass is 549 g/mol. The molecule has 2 aromatic carbocycles. The summed E-state index contributed by atoms with van der Waals surface area (Å²) < 4.78 is 5.82. The maximum Gasteiger partial charge on any atom is 0.311 e. The van der Waals surface area contributed by atoms with E-state index in [-0.39, 0.29) is 18.4 Å². The molecule has 1 aliphatic rings. The Labute approximate surface area is 211 Å². The number of hydrogen-bond donors (Lipinski definition) is 2. The lowest BCUT2D eigenvalue weighted by Gasteiger charge is -2.20. The van der Waals surface area contributed by atoms with Crippen molar-refractivity contribution in [2.45, 2.75) is 32.6 Å². The third-order valence-corrected chi connectivity index (χ3v) is 6.06. The van der Waals surface area contributed by atoms with E-state index in [0.29, 0.717) is 16.3 Å². The maximum atomic E-state index is 12.5. The highest BCUT2D eigenvalue weighted by atomic mass is 79.9. The van der Waals surface area contributed by atoms with E-state index in [1.807, 2.05) is 12.1 Å². The normalized spacial score (nSPS) is 15.7. The highest BCUT2D eigenvalue weighted by molar-refractivity contribution is 9.10. The van der Waals surface area contributed by atoms with E-state index in [1.165, 1.54) is 0 Å². The molecule has 3 rings (SSSR count). The predicted molar refractivity (Wildman–Crippen MR) is 131 cm³/mol. The number of anilines is 1. The number of halogens is 2. The second-order valence-electron chi connectivity index (χ2n) is 8.95. The van der Waals surface area contributed by atoms with Gasteiger partial charge in [0.2, 0.25) is 5.91 Å². The average Bonchev–Trinajstić information content (AvgIpc) is 3.13. The number of ether oxygens (including phenoxy) is 1. The molecule has 1 fully saturated rings. The largest absolute Gasteiger partial charge is 0.455 e. The molecular weight excluding hydrogens is 526 g/mol. The van der Waals surface area contributed by atoms with Gasteiger partial charge < -0.3 is 10.1 Å². The summed E-state index contributed by atoms with van der Waals surface area (Å²) in [6.07, 6.45) is -0.123. The number of esters is 1. The minimum Gasteiger partial charge on any atom is -0.455 e. The Kier molecular flexibility index (Phi) is 7.99. The van der Waals surface area contributed by atoms with Crippen molar-refractivity contribution in [2.24, 2.45) is 5.92 Å². The van der Waals surface area contributed by atoms with Gasteiger partial charge in [0, 0.05) is 16.5 Å². The zero-order chi connectivity index (χ0) is 25.0. The summed E-state index contributed by atoms with van der Waals surface area (Å²) in [5, 5.41) is 3.99. The van der Waals surface area contributed by atoms with E-state index in [9.17, 15) is 19.2 Å². The van der Waals surface area contributed by atoms with Gasteiger partial charge in [0.05, 0.1) is 23.2 Å². The number of carbonyl (C=O) groups is 4. The molecule has 2 aromatic rings. The van der Waals surface area contributed by atoms with Crippen LogP contribution in [0.5, 0.6) is 0 Å². The highest BCUT2D eigenvalue weighted by Crippen LogP contribution is 2.26. The smallest absolute Gasteiger partial charge is 0.311 e. The minimum atomic E-state index is -0.792. The van der Waals surface area contributed by atoms with Crippen LogP contribution in [0.25, 0.3) is 0 Å². The lowest BCUT2D eigenvalue weighted by Crippen LogP contribution is -2.43. The van der Waals surface area contributed by atoms with Crippen molar-refractivity contribution >= 4 is 56.9 Å². The molecule has 1 aliphatic heterocycles. The first kappa shape index (κ1) is 25.7. The third kappa shape index (κ3) is 6.57. The average molecular weight is 551 g/mol. The molecule has 0 aliphatic carbocycles. The van der Waals surface area contributed by atoms with Crippen molar-refractivity contribution in [3.8, 4) is 0 Å². The fourth-order valence-corrected chi connectivity index (χ4v) is 4.03. The van der Waals surface area contributed by atoms with E-state index in [1.54, 1.807) is 30.3 Å². The maximum absolute atomic E-state index is 12.5. The molecule has 1 heterocycles. The SMILES string of the molecule is CC(C)(C)c1ccc(C(=O)NN2C[C@H](C(=O)OCC(=O)Nc3ccc(Br)cc3Cl)CC2=O)cc1. The number of benzene rings is 2.